The lowest BCUT2D eigenvalue weighted by Gasteiger charge is -2.40. The van der Waals surface area contributed by atoms with Crippen LogP contribution in [0, 0.1) is 18.3 Å². The van der Waals surface area contributed by atoms with Crippen LogP contribution in [0.5, 0.6) is 0 Å². The quantitative estimate of drug-likeness (QED) is 0.502. The second kappa shape index (κ2) is 9.13. The van der Waals surface area contributed by atoms with Gasteiger partial charge in [-0.25, -0.2) is 4.79 Å². The van der Waals surface area contributed by atoms with E-state index in [2.05, 4.69) is 41.4 Å². The van der Waals surface area contributed by atoms with E-state index in [9.17, 15) is 4.79 Å². The lowest BCUT2D eigenvalue weighted by Crippen LogP contribution is -2.46. The zero-order valence-corrected chi connectivity index (χ0v) is 20.0. The van der Waals surface area contributed by atoms with Crippen molar-refractivity contribution >= 4 is 29.0 Å². The minimum absolute atomic E-state index is 0.0335. The van der Waals surface area contributed by atoms with Crippen LogP contribution in [0.1, 0.15) is 35.1 Å². The third-order valence-electron chi connectivity index (χ3n) is 7.10. The molecule has 5 nitrogen and oxygen atoms in total. The lowest BCUT2D eigenvalue weighted by atomic mass is 9.74. The molecule has 0 aromatic heterocycles. The van der Waals surface area contributed by atoms with E-state index in [4.69, 9.17) is 16.9 Å². The number of aryl methyl sites for hydroxylation is 1. The van der Waals surface area contributed by atoms with E-state index in [1.165, 1.54) is 16.7 Å². The molecule has 5 rings (SSSR count). The first-order chi connectivity index (χ1) is 16.5. The summed E-state index contributed by atoms with van der Waals surface area (Å²) in [4.78, 5) is 17.7. The van der Waals surface area contributed by atoms with Gasteiger partial charge in [0.05, 0.1) is 11.6 Å². The van der Waals surface area contributed by atoms with E-state index in [-0.39, 0.29) is 11.4 Å². The summed E-state index contributed by atoms with van der Waals surface area (Å²) in [6.45, 7) is 5.61. The molecule has 0 bridgehead atoms. The van der Waals surface area contributed by atoms with Gasteiger partial charge in [-0.1, -0.05) is 47.5 Å². The molecule has 2 heterocycles. The van der Waals surface area contributed by atoms with E-state index in [0.717, 1.165) is 38.2 Å². The second-order valence-electron chi connectivity index (χ2n) is 9.41. The number of hydrogen-bond acceptors (Lipinski definition) is 3. The molecule has 1 N–H and O–H groups in total. The average Bonchev–Trinajstić information content (AvgIpc) is 3.14. The first-order valence-corrected chi connectivity index (χ1v) is 12.0. The molecule has 1 saturated heterocycles. The molecule has 2 aliphatic rings. The minimum Gasteiger partial charge on any atom is -0.307 e. The molecular formula is C28H27ClN4O. The van der Waals surface area contributed by atoms with E-state index in [1.807, 2.05) is 41.3 Å². The van der Waals surface area contributed by atoms with Crippen LogP contribution in [0.25, 0.3) is 0 Å². The van der Waals surface area contributed by atoms with Crippen molar-refractivity contribution in [2.45, 2.75) is 31.7 Å². The van der Waals surface area contributed by atoms with Gasteiger partial charge < -0.3 is 5.32 Å². The summed E-state index contributed by atoms with van der Waals surface area (Å²) in [5, 5.41) is 12.6. The van der Waals surface area contributed by atoms with Crippen molar-refractivity contribution in [1.82, 2.24) is 4.90 Å². The Morgan fingerprint density at radius 1 is 1.09 bits per heavy atom. The summed E-state index contributed by atoms with van der Waals surface area (Å²) in [6.07, 6.45) is 2.00. The summed E-state index contributed by atoms with van der Waals surface area (Å²) in [6, 6.07) is 23.6. The number of fused-ring (bicyclic) bond motifs is 2. The number of benzene rings is 3. The number of nitriles is 1. The highest BCUT2D eigenvalue weighted by Crippen LogP contribution is 2.47. The van der Waals surface area contributed by atoms with Gasteiger partial charge in [0.25, 0.3) is 0 Å². The molecule has 1 spiro atoms. The molecule has 6 heteroatoms. The molecule has 0 unspecified atom stereocenters. The van der Waals surface area contributed by atoms with Crippen LogP contribution in [0.3, 0.4) is 0 Å². The molecule has 0 radical (unpaired) electrons. The van der Waals surface area contributed by atoms with Gasteiger partial charge in [0, 0.05) is 34.9 Å². The monoisotopic (exact) mass is 470 g/mol. The highest BCUT2D eigenvalue weighted by molar-refractivity contribution is 6.30. The first kappa shape index (κ1) is 22.5. The fourth-order valence-corrected chi connectivity index (χ4v) is 5.42. The maximum absolute atomic E-state index is 13.3. The third-order valence-corrected chi connectivity index (χ3v) is 7.33. The standard InChI is InChI=1S/C28H27ClN4O/c1-20-5-10-26-25(15-20)28(19-33(26)27(34)31-24-4-2-3-23(29)16-24)11-13-32(14-12-28)18-22-8-6-21(17-30)7-9-22/h2-10,15-16H,11-14,18-19H2,1H3,(H,31,34). The number of carbonyl (C=O) groups is 1. The third kappa shape index (κ3) is 4.40. The van der Waals surface area contributed by atoms with Crippen LogP contribution in [0.2, 0.25) is 5.02 Å². The molecule has 1 fully saturated rings. The lowest BCUT2D eigenvalue weighted by molar-refractivity contribution is 0.160. The van der Waals surface area contributed by atoms with Gasteiger partial charge in [0.2, 0.25) is 0 Å². The Morgan fingerprint density at radius 3 is 2.56 bits per heavy atom. The molecule has 34 heavy (non-hydrogen) atoms. The van der Waals surface area contributed by atoms with E-state index < -0.39 is 0 Å². The van der Waals surface area contributed by atoms with E-state index >= 15 is 0 Å². The predicted octanol–water partition coefficient (Wildman–Crippen LogP) is 6.11. The SMILES string of the molecule is Cc1ccc2c(c1)C1(CCN(Cc3ccc(C#N)cc3)CC1)CN2C(=O)Nc1cccc(Cl)c1. The van der Waals surface area contributed by atoms with Gasteiger partial charge in [-0.2, -0.15) is 5.26 Å². The van der Waals surface area contributed by atoms with Crippen molar-refractivity contribution in [3.63, 3.8) is 0 Å². The van der Waals surface area contributed by atoms with Crippen molar-refractivity contribution in [3.05, 3.63) is 94.0 Å². The van der Waals surface area contributed by atoms with Crippen molar-refractivity contribution in [1.29, 1.82) is 5.26 Å². The Labute approximate surface area is 205 Å². The Hall–Kier alpha value is -3.33. The molecular weight excluding hydrogens is 444 g/mol. The second-order valence-corrected chi connectivity index (χ2v) is 9.85. The fourth-order valence-electron chi connectivity index (χ4n) is 5.23. The molecule has 3 aromatic rings. The highest BCUT2D eigenvalue weighted by atomic mass is 35.5. The molecule has 2 aliphatic heterocycles. The van der Waals surface area contributed by atoms with Gasteiger partial charge >= 0.3 is 6.03 Å². The number of hydrogen-bond donors (Lipinski definition) is 1. The Balaban J connectivity index is 1.33. The van der Waals surface area contributed by atoms with Gasteiger partial charge in [0.1, 0.15) is 0 Å². The molecule has 2 amide bonds. The number of amides is 2. The summed E-state index contributed by atoms with van der Waals surface area (Å²) in [5.74, 6) is 0. The van der Waals surface area contributed by atoms with Crippen LogP contribution in [0.4, 0.5) is 16.2 Å². The number of carbonyl (C=O) groups excluding carboxylic acids is 1. The van der Waals surface area contributed by atoms with E-state index in [1.54, 1.807) is 12.1 Å². The summed E-state index contributed by atoms with van der Waals surface area (Å²) < 4.78 is 0. The molecule has 3 aromatic carbocycles. The Morgan fingerprint density at radius 2 is 1.85 bits per heavy atom. The first-order valence-electron chi connectivity index (χ1n) is 11.6. The van der Waals surface area contributed by atoms with Crippen molar-refractivity contribution in [2.75, 3.05) is 29.9 Å². The van der Waals surface area contributed by atoms with Crippen LogP contribution in [-0.4, -0.2) is 30.6 Å². The largest absolute Gasteiger partial charge is 0.326 e. The van der Waals surface area contributed by atoms with Crippen molar-refractivity contribution in [2.24, 2.45) is 0 Å². The van der Waals surface area contributed by atoms with Crippen LogP contribution < -0.4 is 10.2 Å². The smallest absolute Gasteiger partial charge is 0.307 e. The zero-order valence-electron chi connectivity index (χ0n) is 19.2. The summed E-state index contributed by atoms with van der Waals surface area (Å²) >= 11 is 6.11. The zero-order chi connectivity index (χ0) is 23.7. The number of urea groups is 1. The molecule has 0 saturated carbocycles. The number of piperidine rings is 1. The highest BCUT2D eigenvalue weighted by Gasteiger charge is 2.46. The number of rotatable bonds is 3. The number of halogens is 1. The summed E-state index contributed by atoms with van der Waals surface area (Å²) in [7, 11) is 0. The number of anilines is 2. The number of likely N-dealkylation sites (tertiary alicyclic amines) is 1. The van der Waals surface area contributed by atoms with Crippen LogP contribution >= 0.6 is 11.6 Å². The number of nitrogens with zero attached hydrogens (tertiary/aromatic N) is 3. The van der Waals surface area contributed by atoms with Crippen molar-refractivity contribution in [3.8, 4) is 6.07 Å². The van der Waals surface area contributed by atoms with Crippen LogP contribution in [0.15, 0.2) is 66.7 Å². The van der Waals surface area contributed by atoms with E-state index in [0.29, 0.717) is 22.8 Å². The van der Waals surface area contributed by atoms with Gasteiger partial charge in [0.15, 0.2) is 0 Å². The topological polar surface area (TPSA) is 59.4 Å². The normalized spacial score (nSPS) is 16.8. The van der Waals surface area contributed by atoms with Gasteiger partial charge in [-0.05, 0) is 80.4 Å². The average molecular weight is 471 g/mol. The number of nitrogens with one attached hydrogen (secondary N) is 1. The van der Waals surface area contributed by atoms with Gasteiger partial charge in [-0.15, -0.1) is 0 Å². The van der Waals surface area contributed by atoms with Crippen LogP contribution in [-0.2, 0) is 12.0 Å². The van der Waals surface area contributed by atoms with Gasteiger partial charge in [-0.3, -0.25) is 9.80 Å². The molecule has 0 atom stereocenters. The molecule has 172 valence electrons. The maximum Gasteiger partial charge on any atom is 0.326 e. The molecule has 0 aliphatic carbocycles. The predicted molar refractivity (Wildman–Crippen MR) is 136 cm³/mol. The fraction of sp³-hybridized carbons (Fsp3) is 0.286. The Bertz CT molecular complexity index is 1260. The maximum atomic E-state index is 13.3. The minimum atomic E-state index is -0.121. The van der Waals surface area contributed by atoms with Crippen molar-refractivity contribution < 1.29 is 4.79 Å². The summed E-state index contributed by atoms with van der Waals surface area (Å²) in [5.41, 5.74) is 6.08. The Kier molecular flexibility index (Phi) is 6.03.